The van der Waals surface area contributed by atoms with Crippen LogP contribution in [0.3, 0.4) is 0 Å². The zero-order chi connectivity index (χ0) is 14.1. The van der Waals surface area contributed by atoms with Gasteiger partial charge >= 0.3 is 0 Å². The standard InChI is InChI=1S/C15H18O3/c1-6-15(5,18)8-7-12-11(4)13(16)9(2)10(3)14(12)17/h1,18H,7-8H2,2-5H3/t15-/m0/s1. The van der Waals surface area contributed by atoms with Gasteiger partial charge in [-0.25, -0.2) is 0 Å². The fourth-order valence-corrected chi connectivity index (χ4v) is 1.90. The lowest BCUT2D eigenvalue weighted by atomic mass is 9.82. The number of rotatable bonds is 3. The molecule has 0 heterocycles. The summed E-state index contributed by atoms with van der Waals surface area (Å²) in [5.41, 5.74) is 0.682. The van der Waals surface area contributed by atoms with Crippen LogP contribution in [0, 0.1) is 12.3 Å². The van der Waals surface area contributed by atoms with E-state index in [9.17, 15) is 14.7 Å². The Labute approximate surface area is 108 Å². The van der Waals surface area contributed by atoms with Gasteiger partial charge in [0, 0.05) is 22.3 Å². The molecule has 1 aliphatic rings. The predicted molar refractivity (Wildman–Crippen MR) is 69.8 cm³/mol. The summed E-state index contributed by atoms with van der Waals surface area (Å²) in [5, 5.41) is 9.74. The molecule has 0 spiro atoms. The van der Waals surface area contributed by atoms with Gasteiger partial charge in [-0.1, -0.05) is 5.92 Å². The maximum atomic E-state index is 12.1. The summed E-state index contributed by atoms with van der Waals surface area (Å²) in [6.07, 6.45) is 5.77. The van der Waals surface area contributed by atoms with E-state index in [1.54, 1.807) is 20.8 Å². The summed E-state index contributed by atoms with van der Waals surface area (Å²) < 4.78 is 0. The molecule has 0 saturated carbocycles. The van der Waals surface area contributed by atoms with Crippen molar-refractivity contribution in [2.75, 3.05) is 0 Å². The van der Waals surface area contributed by atoms with Gasteiger partial charge in [0.1, 0.15) is 5.60 Å². The molecule has 1 N–H and O–H groups in total. The molecule has 0 amide bonds. The number of allylic oxidation sites excluding steroid dienone is 4. The van der Waals surface area contributed by atoms with E-state index in [-0.39, 0.29) is 18.0 Å². The Balaban J connectivity index is 3.00. The SMILES string of the molecule is C#C[C@](C)(O)CCC1=C(C)C(=O)C(C)=C(C)C1=O. The summed E-state index contributed by atoms with van der Waals surface area (Å²) >= 11 is 0. The number of carbonyl (C=O) groups is 2. The second-order valence-electron chi connectivity index (χ2n) is 4.93. The second-order valence-corrected chi connectivity index (χ2v) is 4.93. The van der Waals surface area contributed by atoms with E-state index in [2.05, 4.69) is 5.92 Å². The Bertz CT molecular complexity index is 510. The maximum Gasteiger partial charge on any atom is 0.185 e. The van der Waals surface area contributed by atoms with Crippen LogP contribution in [-0.2, 0) is 9.59 Å². The highest BCUT2D eigenvalue weighted by Gasteiger charge is 2.29. The van der Waals surface area contributed by atoms with Crippen LogP contribution in [0.2, 0.25) is 0 Å². The van der Waals surface area contributed by atoms with Crippen molar-refractivity contribution in [1.29, 1.82) is 0 Å². The number of hydrogen-bond donors (Lipinski definition) is 1. The largest absolute Gasteiger partial charge is 0.378 e. The first-order valence-corrected chi connectivity index (χ1v) is 5.88. The van der Waals surface area contributed by atoms with Crippen LogP contribution >= 0.6 is 0 Å². The van der Waals surface area contributed by atoms with Gasteiger partial charge in [0.05, 0.1) is 0 Å². The number of ketones is 2. The van der Waals surface area contributed by atoms with Crippen molar-refractivity contribution in [2.45, 2.75) is 46.1 Å². The maximum absolute atomic E-state index is 12.1. The van der Waals surface area contributed by atoms with Gasteiger partial charge in [-0.2, -0.15) is 0 Å². The lowest BCUT2D eigenvalue weighted by Crippen LogP contribution is -2.25. The topological polar surface area (TPSA) is 54.4 Å². The summed E-state index contributed by atoms with van der Waals surface area (Å²) in [4.78, 5) is 24.0. The minimum atomic E-state index is -1.25. The summed E-state index contributed by atoms with van der Waals surface area (Å²) in [6, 6.07) is 0. The van der Waals surface area contributed by atoms with Gasteiger partial charge in [0.25, 0.3) is 0 Å². The lowest BCUT2D eigenvalue weighted by Gasteiger charge is -2.21. The van der Waals surface area contributed by atoms with E-state index in [0.717, 1.165) is 0 Å². The number of carbonyl (C=O) groups excluding carboxylic acids is 2. The molecular weight excluding hydrogens is 228 g/mol. The minimum absolute atomic E-state index is 0.0950. The molecule has 0 aromatic heterocycles. The second kappa shape index (κ2) is 4.91. The molecule has 0 saturated heterocycles. The van der Waals surface area contributed by atoms with Gasteiger partial charge in [-0.3, -0.25) is 9.59 Å². The first-order valence-electron chi connectivity index (χ1n) is 5.88. The smallest absolute Gasteiger partial charge is 0.185 e. The van der Waals surface area contributed by atoms with Crippen molar-refractivity contribution in [3.63, 3.8) is 0 Å². The highest BCUT2D eigenvalue weighted by molar-refractivity contribution is 6.24. The van der Waals surface area contributed by atoms with Gasteiger partial charge < -0.3 is 5.11 Å². The molecule has 1 rings (SSSR count). The highest BCUT2D eigenvalue weighted by Crippen LogP contribution is 2.28. The molecule has 0 aromatic carbocycles. The van der Waals surface area contributed by atoms with E-state index in [1.807, 2.05) is 0 Å². The fraction of sp³-hybridized carbons (Fsp3) is 0.467. The van der Waals surface area contributed by atoms with Gasteiger partial charge in [0.15, 0.2) is 11.6 Å². The number of Topliss-reactive ketones (excluding diaryl/α,β-unsaturated/α-hetero) is 2. The van der Waals surface area contributed by atoms with Crippen LogP contribution in [-0.4, -0.2) is 22.3 Å². The molecule has 18 heavy (non-hydrogen) atoms. The van der Waals surface area contributed by atoms with Crippen molar-refractivity contribution in [1.82, 2.24) is 0 Å². The minimum Gasteiger partial charge on any atom is -0.378 e. The molecule has 0 radical (unpaired) electrons. The van der Waals surface area contributed by atoms with E-state index in [0.29, 0.717) is 28.7 Å². The molecule has 1 aliphatic carbocycles. The third-order valence-corrected chi connectivity index (χ3v) is 3.48. The van der Waals surface area contributed by atoms with Crippen molar-refractivity contribution in [3.05, 3.63) is 22.3 Å². The Morgan fingerprint density at radius 1 is 1.11 bits per heavy atom. The van der Waals surface area contributed by atoms with Crippen LogP contribution in [0.15, 0.2) is 22.3 Å². The third kappa shape index (κ3) is 2.60. The summed E-state index contributed by atoms with van der Waals surface area (Å²) in [5.74, 6) is 2.06. The Morgan fingerprint density at radius 3 is 2.11 bits per heavy atom. The van der Waals surface area contributed by atoms with Crippen LogP contribution in [0.1, 0.15) is 40.5 Å². The van der Waals surface area contributed by atoms with Gasteiger partial charge in [0.2, 0.25) is 0 Å². The van der Waals surface area contributed by atoms with Crippen LogP contribution in [0.5, 0.6) is 0 Å². The van der Waals surface area contributed by atoms with Crippen molar-refractivity contribution >= 4 is 11.6 Å². The fourth-order valence-electron chi connectivity index (χ4n) is 1.90. The van der Waals surface area contributed by atoms with Crippen molar-refractivity contribution in [3.8, 4) is 12.3 Å². The lowest BCUT2D eigenvalue weighted by molar-refractivity contribution is -0.116. The van der Waals surface area contributed by atoms with E-state index in [1.165, 1.54) is 6.92 Å². The molecule has 0 fully saturated rings. The average Bonchev–Trinajstić information content (AvgIpc) is 2.34. The van der Waals surface area contributed by atoms with Crippen LogP contribution in [0.25, 0.3) is 0 Å². The Morgan fingerprint density at radius 2 is 1.61 bits per heavy atom. The quantitative estimate of drug-likeness (QED) is 0.611. The first kappa shape index (κ1) is 14.4. The van der Waals surface area contributed by atoms with Crippen molar-refractivity contribution < 1.29 is 14.7 Å². The molecule has 3 heteroatoms. The number of terminal acetylenes is 1. The molecule has 1 atom stereocenters. The zero-order valence-corrected chi connectivity index (χ0v) is 11.3. The van der Waals surface area contributed by atoms with Gasteiger partial charge in [-0.05, 0) is 40.5 Å². The molecule has 0 bridgehead atoms. The third-order valence-electron chi connectivity index (χ3n) is 3.48. The Hall–Kier alpha value is -1.66. The zero-order valence-electron chi connectivity index (χ0n) is 11.3. The molecular formula is C15H18O3. The van der Waals surface area contributed by atoms with E-state index >= 15 is 0 Å². The number of hydrogen-bond acceptors (Lipinski definition) is 3. The summed E-state index contributed by atoms with van der Waals surface area (Å²) in [7, 11) is 0. The molecule has 0 aliphatic heterocycles. The van der Waals surface area contributed by atoms with Crippen LogP contribution in [0.4, 0.5) is 0 Å². The normalized spacial score (nSPS) is 20.0. The highest BCUT2D eigenvalue weighted by atomic mass is 16.3. The van der Waals surface area contributed by atoms with Crippen LogP contribution < -0.4 is 0 Å². The van der Waals surface area contributed by atoms with Crippen molar-refractivity contribution in [2.24, 2.45) is 0 Å². The number of aliphatic hydroxyl groups is 1. The predicted octanol–water partition coefficient (Wildman–Crippen LogP) is 1.96. The molecule has 0 unspecified atom stereocenters. The molecule has 0 aromatic rings. The van der Waals surface area contributed by atoms with Gasteiger partial charge in [-0.15, -0.1) is 6.42 Å². The summed E-state index contributed by atoms with van der Waals surface area (Å²) in [6.45, 7) is 6.48. The molecule has 3 nitrogen and oxygen atoms in total. The van der Waals surface area contributed by atoms with E-state index in [4.69, 9.17) is 6.42 Å². The molecule has 96 valence electrons. The average molecular weight is 246 g/mol. The first-order chi connectivity index (χ1) is 8.21. The monoisotopic (exact) mass is 246 g/mol. The van der Waals surface area contributed by atoms with E-state index < -0.39 is 5.60 Å². The Kier molecular flexibility index (Phi) is 3.93.